The van der Waals surface area contributed by atoms with Gasteiger partial charge in [-0.3, -0.25) is 14.6 Å². The first-order valence-corrected chi connectivity index (χ1v) is 8.32. The number of aromatic nitrogens is 1. The van der Waals surface area contributed by atoms with E-state index in [4.69, 9.17) is 4.42 Å². The lowest BCUT2D eigenvalue weighted by Gasteiger charge is -2.40. The number of piperazine rings is 1. The van der Waals surface area contributed by atoms with Gasteiger partial charge < -0.3 is 14.2 Å². The molecule has 130 valence electrons. The Bertz CT molecular complexity index is 895. The molecule has 6 heteroatoms. The molecule has 1 fully saturated rings. The summed E-state index contributed by atoms with van der Waals surface area (Å²) in [6.07, 6.45) is 4.82. The molecule has 3 aromatic rings. The minimum Gasteiger partial charge on any atom is -0.467 e. The predicted molar refractivity (Wildman–Crippen MR) is 95.0 cm³/mol. The minimum atomic E-state index is -0.741. The molecule has 2 amide bonds. The van der Waals surface area contributed by atoms with Crippen LogP contribution >= 0.6 is 0 Å². The zero-order valence-corrected chi connectivity index (χ0v) is 14.0. The van der Waals surface area contributed by atoms with E-state index in [1.54, 1.807) is 41.8 Å². The molecule has 2 aromatic heterocycles. The number of para-hydroxylation sites is 1. The minimum absolute atomic E-state index is 0.000315. The van der Waals surface area contributed by atoms with Gasteiger partial charge in [0, 0.05) is 23.6 Å². The highest BCUT2D eigenvalue weighted by Gasteiger charge is 2.41. The molecule has 1 aromatic carbocycles. The van der Waals surface area contributed by atoms with Gasteiger partial charge in [-0.15, -0.1) is 0 Å². The Labute approximate surface area is 150 Å². The number of carbonyl (C=O) groups excluding carboxylic acids is 2. The summed E-state index contributed by atoms with van der Waals surface area (Å²) in [5, 5.41) is 0. The average molecular weight is 347 g/mol. The van der Waals surface area contributed by atoms with Crippen molar-refractivity contribution in [3.05, 3.63) is 84.6 Å². The van der Waals surface area contributed by atoms with Gasteiger partial charge >= 0.3 is 0 Å². The van der Waals surface area contributed by atoms with Crippen molar-refractivity contribution in [2.24, 2.45) is 0 Å². The van der Waals surface area contributed by atoms with Crippen LogP contribution in [0.5, 0.6) is 0 Å². The van der Waals surface area contributed by atoms with Gasteiger partial charge in [-0.05, 0) is 30.3 Å². The first kappa shape index (κ1) is 16.1. The van der Waals surface area contributed by atoms with E-state index in [1.807, 2.05) is 36.4 Å². The molecule has 6 nitrogen and oxygen atoms in total. The molecule has 0 aliphatic carbocycles. The smallest absolute Gasteiger partial charge is 0.254 e. The molecule has 0 unspecified atom stereocenters. The molecule has 0 spiro atoms. The third-order valence-corrected chi connectivity index (χ3v) is 4.40. The fraction of sp³-hybridized carbons (Fsp3) is 0.150. The zero-order valence-electron chi connectivity index (χ0n) is 14.0. The summed E-state index contributed by atoms with van der Waals surface area (Å²) in [5.74, 6) is 0.335. The molecule has 26 heavy (non-hydrogen) atoms. The lowest BCUT2D eigenvalue weighted by molar-refractivity contribution is -0.144. The largest absolute Gasteiger partial charge is 0.467 e. The molecular weight excluding hydrogens is 330 g/mol. The van der Waals surface area contributed by atoms with Crippen molar-refractivity contribution in [2.45, 2.75) is 12.6 Å². The highest BCUT2D eigenvalue weighted by molar-refractivity contribution is 6.06. The second-order valence-electron chi connectivity index (χ2n) is 6.05. The molecule has 0 bridgehead atoms. The van der Waals surface area contributed by atoms with Crippen molar-refractivity contribution in [3.8, 4) is 0 Å². The van der Waals surface area contributed by atoms with Crippen LogP contribution in [0.15, 0.2) is 77.7 Å². The first-order chi connectivity index (χ1) is 12.7. The zero-order chi connectivity index (χ0) is 17.9. The van der Waals surface area contributed by atoms with E-state index in [0.717, 1.165) is 0 Å². The molecule has 0 saturated carbocycles. The molecule has 1 aliphatic rings. The van der Waals surface area contributed by atoms with E-state index < -0.39 is 6.04 Å². The van der Waals surface area contributed by atoms with Gasteiger partial charge in [0.25, 0.3) is 5.91 Å². The van der Waals surface area contributed by atoms with Crippen molar-refractivity contribution in [1.29, 1.82) is 0 Å². The normalized spacial score (nSPS) is 17.6. The van der Waals surface area contributed by atoms with Gasteiger partial charge in [-0.25, -0.2) is 0 Å². The van der Waals surface area contributed by atoms with Crippen LogP contribution in [0, 0.1) is 0 Å². The van der Waals surface area contributed by atoms with Gasteiger partial charge in [-0.2, -0.15) is 0 Å². The van der Waals surface area contributed by atoms with E-state index >= 15 is 0 Å². The molecule has 1 atom stereocenters. The first-order valence-electron chi connectivity index (χ1n) is 8.32. The maximum Gasteiger partial charge on any atom is 0.254 e. The number of nitrogens with zero attached hydrogens (tertiary/aromatic N) is 3. The van der Waals surface area contributed by atoms with Crippen molar-refractivity contribution in [2.75, 3.05) is 11.4 Å². The van der Waals surface area contributed by atoms with Crippen LogP contribution in [0.25, 0.3) is 0 Å². The Kier molecular flexibility index (Phi) is 4.23. The number of hydrogen-bond acceptors (Lipinski definition) is 4. The van der Waals surface area contributed by atoms with Gasteiger partial charge in [0.2, 0.25) is 5.91 Å². The van der Waals surface area contributed by atoms with Crippen LogP contribution in [0.1, 0.15) is 17.4 Å². The van der Waals surface area contributed by atoms with Crippen LogP contribution in [-0.4, -0.2) is 28.2 Å². The fourth-order valence-electron chi connectivity index (χ4n) is 3.17. The Morgan fingerprint density at radius 3 is 2.58 bits per heavy atom. The van der Waals surface area contributed by atoms with Crippen LogP contribution in [-0.2, 0) is 16.1 Å². The lowest BCUT2D eigenvalue weighted by Crippen LogP contribution is -2.55. The number of benzene rings is 1. The third kappa shape index (κ3) is 2.97. The number of pyridine rings is 1. The Morgan fingerprint density at radius 1 is 1.04 bits per heavy atom. The Morgan fingerprint density at radius 2 is 1.88 bits per heavy atom. The molecule has 4 rings (SSSR count). The second kappa shape index (κ2) is 6.84. The van der Waals surface area contributed by atoms with Crippen LogP contribution < -0.4 is 4.90 Å². The van der Waals surface area contributed by atoms with Gasteiger partial charge in [-0.1, -0.05) is 24.3 Å². The number of anilines is 1. The number of carbonyl (C=O) groups is 2. The summed E-state index contributed by atoms with van der Waals surface area (Å²) in [4.78, 5) is 33.4. The molecule has 3 heterocycles. The van der Waals surface area contributed by atoms with E-state index in [0.29, 0.717) is 17.0 Å². The van der Waals surface area contributed by atoms with Gasteiger partial charge in [0.15, 0.2) is 0 Å². The van der Waals surface area contributed by atoms with E-state index in [9.17, 15) is 9.59 Å². The monoisotopic (exact) mass is 347 g/mol. The summed E-state index contributed by atoms with van der Waals surface area (Å²) < 4.78 is 5.38. The molecule has 1 aliphatic heterocycles. The van der Waals surface area contributed by atoms with Crippen LogP contribution in [0.2, 0.25) is 0 Å². The number of rotatable bonds is 4. The predicted octanol–water partition coefficient (Wildman–Crippen LogP) is 2.79. The number of furan rings is 1. The van der Waals surface area contributed by atoms with Crippen LogP contribution in [0.4, 0.5) is 5.69 Å². The van der Waals surface area contributed by atoms with Crippen molar-refractivity contribution >= 4 is 17.5 Å². The summed E-state index contributed by atoms with van der Waals surface area (Å²) in [7, 11) is 0. The van der Waals surface area contributed by atoms with Crippen molar-refractivity contribution in [3.63, 3.8) is 0 Å². The maximum absolute atomic E-state index is 13.3. The summed E-state index contributed by atoms with van der Waals surface area (Å²) in [6, 6.07) is 15.6. The van der Waals surface area contributed by atoms with E-state index in [1.165, 1.54) is 4.90 Å². The van der Waals surface area contributed by atoms with Gasteiger partial charge in [0.1, 0.15) is 18.3 Å². The molecule has 0 N–H and O–H groups in total. The molecule has 1 saturated heterocycles. The topological polar surface area (TPSA) is 66.7 Å². The van der Waals surface area contributed by atoms with Crippen molar-refractivity contribution in [1.82, 2.24) is 9.88 Å². The summed E-state index contributed by atoms with van der Waals surface area (Å²) in [6.45, 7) is 0.236. The third-order valence-electron chi connectivity index (χ3n) is 4.40. The quantitative estimate of drug-likeness (QED) is 0.728. The average Bonchev–Trinajstić information content (AvgIpc) is 3.19. The number of hydrogen-bond donors (Lipinski definition) is 0. The second-order valence-corrected chi connectivity index (χ2v) is 6.05. The number of amides is 2. The Hall–Kier alpha value is -3.41. The maximum atomic E-state index is 13.3. The van der Waals surface area contributed by atoms with Crippen LogP contribution in [0.3, 0.4) is 0 Å². The fourth-order valence-corrected chi connectivity index (χ4v) is 3.17. The summed E-state index contributed by atoms with van der Waals surface area (Å²) >= 11 is 0. The molecule has 0 radical (unpaired) electrons. The highest BCUT2D eigenvalue weighted by atomic mass is 16.3. The lowest BCUT2D eigenvalue weighted by atomic mass is 10.0. The summed E-state index contributed by atoms with van der Waals surface area (Å²) in [5.41, 5.74) is 1.38. The van der Waals surface area contributed by atoms with E-state index in [-0.39, 0.29) is 24.9 Å². The van der Waals surface area contributed by atoms with Gasteiger partial charge in [0.05, 0.1) is 12.8 Å². The Balaban J connectivity index is 1.73. The standard InChI is InChI=1S/C20H17N3O3/c24-18-14-22(16-7-2-1-3-8-16)20(25)19(15-6-4-10-21-12-15)23(18)13-17-9-5-11-26-17/h1-12,19H,13-14H2/t19-/m1/s1. The van der Waals surface area contributed by atoms with E-state index in [2.05, 4.69) is 4.98 Å². The SMILES string of the molecule is O=C1[C@@H](c2cccnc2)N(Cc2ccco2)C(=O)CN1c1ccccc1. The molecular formula is C20H17N3O3. The highest BCUT2D eigenvalue weighted by Crippen LogP contribution is 2.31. The van der Waals surface area contributed by atoms with Crippen molar-refractivity contribution < 1.29 is 14.0 Å².